The Kier molecular flexibility index (Phi) is 2.50. The van der Waals surface area contributed by atoms with Crippen LogP contribution in [0.3, 0.4) is 0 Å². The third kappa shape index (κ3) is 1.67. The van der Waals surface area contributed by atoms with E-state index < -0.39 is 5.60 Å². The molecule has 2 saturated carbocycles. The summed E-state index contributed by atoms with van der Waals surface area (Å²) in [5, 5.41) is 10.2. The normalized spacial score (nSPS) is 48.1. The topological polar surface area (TPSA) is 49.8 Å². The molecule has 0 aromatic heterocycles. The number of rotatable bonds is 1. The summed E-state index contributed by atoms with van der Waals surface area (Å²) >= 11 is 0. The average Bonchev–Trinajstić information content (AvgIpc) is 3.04. The summed E-state index contributed by atoms with van der Waals surface area (Å²) in [4.78, 5) is 12.3. The maximum Gasteiger partial charge on any atom is 0.139 e. The van der Waals surface area contributed by atoms with Crippen molar-refractivity contribution in [2.24, 2.45) is 17.3 Å². The van der Waals surface area contributed by atoms with Crippen LogP contribution in [-0.4, -0.2) is 28.7 Å². The van der Waals surface area contributed by atoms with Crippen LogP contribution >= 0.6 is 0 Å². The first-order valence-corrected chi connectivity index (χ1v) is 7.18. The largest absolute Gasteiger partial charge is 0.390 e. The zero-order chi connectivity index (χ0) is 13.2. The van der Waals surface area contributed by atoms with Gasteiger partial charge in [-0.05, 0) is 45.4 Å². The van der Waals surface area contributed by atoms with E-state index in [0.717, 1.165) is 32.3 Å². The number of Topliss-reactive ketones (excluding diaryl/α,β-unsaturated/α-hetero) is 1. The lowest BCUT2D eigenvalue weighted by Crippen LogP contribution is -2.54. The van der Waals surface area contributed by atoms with Crippen LogP contribution in [0.25, 0.3) is 0 Å². The molecule has 1 saturated heterocycles. The highest BCUT2D eigenvalue weighted by atomic mass is 16.6. The summed E-state index contributed by atoms with van der Waals surface area (Å²) < 4.78 is 5.75. The van der Waals surface area contributed by atoms with Crippen LogP contribution in [0, 0.1) is 17.3 Å². The molecule has 3 aliphatic rings. The van der Waals surface area contributed by atoms with E-state index in [1.807, 2.05) is 13.8 Å². The van der Waals surface area contributed by atoms with Crippen molar-refractivity contribution in [2.75, 3.05) is 6.61 Å². The maximum absolute atomic E-state index is 12.3. The predicted octanol–water partition coefficient (Wildman–Crippen LogP) is 2.31. The second-order valence-corrected chi connectivity index (χ2v) is 7.37. The van der Waals surface area contributed by atoms with E-state index in [9.17, 15) is 9.90 Å². The van der Waals surface area contributed by atoms with Crippen LogP contribution < -0.4 is 0 Å². The van der Waals surface area contributed by atoms with Crippen molar-refractivity contribution in [3.63, 3.8) is 0 Å². The molecule has 0 amide bonds. The molecule has 102 valence electrons. The number of hydrogen-bond acceptors (Lipinski definition) is 3. The molecule has 3 rings (SSSR count). The van der Waals surface area contributed by atoms with Crippen LogP contribution in [0.15, 0.2) is 0 Å². The van der Waals surface area contributed by atoms with Crippen LogP contribution in [0.5, 0.6) is 0 Å². The first-order valence-electron chi connectivity index (χ1n) is 7.18. The van der Waals surface area contributed by atoms with Crippen molar-refractivity contribution >= 4 is 5.78 Å². The number of fused-ring (bicyclic) bond motifs is 2. The third-order valence-electron chi connectivity index (χ3n) is 5.86. The lowest BCUT2D eigenvalue weighted by atomic mass is 9.53. The molecule has 0 aromatic carbocycles. The van der Waals surface area contributed by atoms with Gasteiger partial charge in [-0.15, -0.1) is 0 Å². The van der Waals surface area contributed by atoms with Crippen LogP contribution in [0.2, 0.25) is 0 Å². The Bertz CT molecular complexity index is 378. The van der Waals surface area contributed by atoms with Gasteiger partial charge in [-0.2, -0.15) is 0 Å². The number of carbonyl (C=O) groups is 1. The van der Waals surface area contributed by atoms with Gasteiger partial charge in [0.25, 0.3) is 0 Å². The minimum Gasteiger partial charge on any atom is -0.390 e. The second kappa shape index (κ2) is 3.57. The van der Waals surface area contributed by atoms with Gasteiger partial charge >= 0.3 is 0 Å². The molecule has 3 nitrogen and oxygen atoms in total. The lowest BCUT2D eigenvalue weighted by Gasteiger charge is -2.51. The van der Waals surface area contributed by atoms with Crippen molar-refractivity contribution < 1.29 is 14.6 Å². The molecule has 1 heterocycles. The second-order valence-electron chi connectivity index (χ2n) is 7.37. The first kappa shape index (κ1) is 12.6. The molecule has 4 atom stereocenters. The van der Waals surface area contributed by atoms with Crippen molar-refractivity contribution in [1.29, 1.82) is 0 Å². The van der Waals surface area contributed by atoms with E-state index >= 15 is 0 Å². The van der Waals surface area contributed by atoms with E-state index in [0.29, 0.717) is 24.0 Å². The van der Waals surface area contributed by atoms with E-state index in [-0.39, 0.29) is 11.0 Å². The molecule has 4 unspecified atom stereocenters. The maximum atomic E-state index is 12.3. The van der Waals surface area contributed by atoms with Gasteiger partial charge in [0.15, 0.2) is 0 Å². The van der Waals surface area contributed by atoms with Crippen LogP contribution in [0.4, 0.5) is 0 Å². The molecule has 2 aliphatic carbocycles. The van der Waals surface area contributed by atoms with Gasteiger partial charge in [0.1, 0.15) is 5.78 Å². The van der Waals surface area contributed by atoms with Crippen molar-refractivity contribution in [1.82, 2.24) is 0 Å². The van der Waals surface area contributed by atoms with Gasteiger partial charge in [0.05, 0.1) is 17.8 Å². The molecule has 1 aliphatic heterocycles. The molecule has 3 fully saturated rings. The summed E-state index contributed by atoms with van der Waals surface area (Å²) in [6.45, 7) is 6.74. The standard InChI is InChI=1S/C15H24O3/c1-13(2,17)10-4-6-14(3)11(8-10)15(9-18-15)7-5-12(14)16/h10-11,17H,4-9H2,1-3H3. The van der Waals surface area contributed by atoms with Gasteiger partial charge in [-0.3, -0.25) is 4.79 Å². The van der Waals surface area contributed by atoms with Gasteiger partial charge in [0.2, 0.25) is 0 Å². The summed E-state index contributed by atoms with van der Waals surface area (Å²) in [6.07, 6.45) is 4.38. The van der Waals surface area contributed by atoms with Gasteiger partial charge in [-0.1, -0.05) is 6.92 Å². The van der Waals surface area contributed by atoms with Crippen LogP contribution in [-0.2, 0) is 9.53 Å². The SMILES string of the molecule is CC(C)(O)C1CCC2(C)C(=O)CCC3(CO3)C2C1. The molecular formula is C15H24O3. The predicted molar refractivity (Wildman–Crippen MR) is 68.2 cm³/mol. The Morgan fingerprint density at radius 2 is 2.06 bits per heavy atom. The van der Waals surface area contributed by atoms with Crippen molar-refractivity contribution in [2.45, 2.75) is 64.1 Å². The minimum atomic E-state index is -0.641. The lowest BCUT2D eigenvalue weighted by molar-refractivity contribution is -0.146. The van der Waals surface area contributed by atoms with E-state index in [4.69, 9.17) is 4.74 Å². The number of ether oxygens (including phenoxy) is 1. The third-order valence-corrected chi connectivity index (χ3v) is 5.86. The summed E-state index contributed by atoms with van der Waals surface area (Å²) in [6, 6.07) is 0. The van der Waals surface area contributed by atoms with Crippen molar-refractivity contribution in [3.05, 3.63) is 0 Å². The van der Waals surface area contributed by atoms with Gasteiger partial charge in [-0.25, -0.2) is 0 Å². The molecule has 1 N–H and O–H groups in total. The summed E-state index contributed by atoms with van der Waals surface area (Å²) in [5.74, 6) is 1.03. The molecule has 1 spiro atoms. The van der Waals surface area contributed by atoms with Crippen molar-refractivity contribution in [3.8, 4) is 0 Å². The van der Waals surface area contributed by atoms with Gasteiger partial charge < -0.3 is 9.84 Å². The molecule has 0 radical (unpaired) electrons. The highest BCUT2D eigenvalue weighted by molar-refractivity contribution is 5.86. The molecule has 0 aromatic rings. The molecule has 3 heteroatoms. The Labute approximate surface area is 109 Å². The quantitative estimate of drug-likeness (QED) is 0.729. The Balaban J connectivity index is 1.89. The molecule has 0 bridgehead atoms. The zero-order valence-electron chi connectivity index (χ0n) is 11.7. The monoisotopic (exact) mass is 252 g/mol. The van der Waals surface area contributed by atoms with Gasteiger partial charge in [0, 0.05) is 17.8 Å². The zero-order valence-corrected chi connectivity index (χ0v) is 11.7. The highest BCUT2D eigenvalue weighted by Gasteiger charge is 2.64. The molecular weight excluding hydrogens is 228 g/mol. The number of hydrogen-bond donors (Lipinski definition) is 1. The Morgan fingerprint density at radius 1 is 1.39 bits per heavy atom. The van der Waals surface area contributed by atoms with E-state index in [1.165, 1.54) is 0 Å². The summed E-state index contributed by atoms with van der Waals surface area (Å²) in [7, 11) is 0. The fraction of sp³-hybridized carbons (Fsp3) is 0.933. The average molecular weight is 252 g/mol. The smallest absolute Gasteiger partial charge is 0.139 e. The first-order chi connectivity index (χ1) is 8.28. The minimum absolute atomic E-state index is 0.0212. The Morgan fingerprint density at radius 3 is 2.61 bits per heavy atom. The fourth-order valence-electron chi connectivity index (χ4n) is 4.30. The summed E-state index contributed by atoms with van der Waals surface area (Å²) in [5.41, 5.74) is -0.860. The van der Waals surface area contributed by atoms with Crippen LogP contribution in [0.1, 0.15) is 52.9 Å². The van der Waals surface area contributed by atoms with E-state index in [1.54, 1.807) is 0 Å². The molecule has 18 heavy (non-hydrogen) atoms. The fourth-order valence-corrected chi connectivity index (χ4v) is 4.30. The highest BCUT2D eigenvalue weighted by Crippen LogP contribution is 2.60. The number of carbonyl (C=O) groups excluding carboxylic acids is 1. The number of aliphatic hydroxyl groups is 1. The number of epoxide rings is 1. The Hall–Kier alpha value is -0.410. The van der Waals surface area contributed by atoms with E-state index in [2.05, 4.69) is 6.92 Å². The number of ketones is 1.